The third-order valence-electron chi connectivity index (χ3n) is 2.26. The summed E-state index contributed by atoms with van der Waals surface area (Å²) >= 11 is 0. The molecule has 1 heterocycles. The van der Waals surface area contributed by atoms with E-state index in [9.17, 15) is 9.90 Å². The lowest BCUT2D eigenvalue weighted by atomic mass is 10.1. The van der Waals surface area contributed by atoms with Crippen LogP contribution in [-0.2, 0) is 0 Å². The van der Waals surface area contributed by atoms with Gasteiger partial charge in [0, 0.05) is 11.1 Å². The van der Waals surface area contributed by atoms with Gasteiger partial charge in [-0.3, -0.25) is 10.1 Å². The van der Waals surface area contributed by atoms with Crippen molar-refractivity contribution in [2.24, 2.45) is 0 Å². The van der Waals surface area contributed by atoms with Crippen LogP contribution in [0.5, 0.6) is 5.75 Å². The Morgan fingerprint density at radius 1 is 1.35 bits per heavy atom. The number of anilines is 1. The van der Waals surface area contributed by atoms with E-state index >= 15 is 0 Å². The molecule has 6 heteroatoms. The van der Waals surface area contributed by atoms with Gasteiger partial charge >= 0.3 is 0 Å². The predicted molar refractivity (Wildman–Crippen MR) is 60.6 cm³/mol. The normalized spacial score (nSPS) is 9.94. The van der Waals surface area contributed by atoms with E-state index < -0.39 is 0 Å². The van der Waals surface area contributed by atoms with Gasteiger partial charge in [-0.05, 0) is 19.1 Å². The minimum Gasteiger partial charge on any atom is -0.508 e. The summed E-state index contributed by atoms with van der Waals surface area (Å²) in [5.74, 6) is -0.184. The van der Waals surface area contributed by atoms with Crippen LogP contribution in [0.15, 0.2) is 30.6 Å². The minimum atomic E-state index is -0.383. The summed E-state index contributed by atoms with van der Waals surface area (Å²) < 4.78 is 0. The molecule has 0 radical (unpaired) electrons. The fourth-order valence-corrected chi connectivity index (χ4v) is 1.34. The zero-order valence-electron chi connectivity index (χ0n) is 9.08. The number of benzene rings is 1. The average molecular weight is 230 g/mol. The Hall–Kier alpha value is -2.50. The van der Waals surface area contributed by atoms with E-state index in [-0.39, 0.29) is 17.6 Å². The van der Waals surface area contributed by atoms with E-state index in [0.717, 1.165) is 0 Å². The molecule has 17 heavy (non-hydrogen) atoms. The molecule has 2 rings (SSSR count). The van der Waals surface area contributed by atoms with E-state index in [1.165, 1.54) is 18.5 Å². The van der Waals surface area contributed by atoms with Crippen molar-refractivity contribution in [3.05, 3.63) is 41.7 Å². The van der Waals surface area contributed by atoms with Crippen molar-refractivity contribution in [2.45, 2.75) is 6.92 Å². The molecular weight excluding hydrogens is 220 g/mol. The number of phenols is 1. The first-order valence-electron chi connectivity index (χ1n) is 4.92. The topological polar surface area (TPSA) is 88.0 Å². The van der Waals surface area contributed by atoms with Crippen molar-refractivity contribution in [2.75, 3.05) is 5.32 Å². The summed E-state index contributed by atoms with van der Waals surface area (Å²) in [6.07, 6.45) is 2.84. The van der Waals surface area contributed by atoms with Crippen molar-refractivity contribution in [3.63, 3.8) is 0 Å². The van der Waals surface area contributed by atoms with Crippen LogP contribution in [-0.4, -0.2) is 26.2 Å². The molecule has 0 aliphatic heterocycles. The molecule has 1 aromatic carbocycles. The monoisotopic (exact) mass is 230 g/mol. The Bertz CT molecular complexity index is 542. The highest BCUT2D eigenvalue weighted by Gasteiger charge is 2.12. The number of nitrogens with one attached hydrogen (secondary N) is 1. The van der Waals surface area contributed by atoms with Crippen molar-refractivity contribution >= 4 is 11.9 Å². The third-order valence-corrected chi connectivity index (χ3v) is 2.26. The van der Waals surface area contributed by atoms with Gasteiger partial charge in [0.05, 0.1) is 12.4 Å². The van der Waals surface area contributed by atoms with Gasteiger partial charge in [-0.1, -0.05) is 6.07 Å². The third kappa shape index (κ3) is 2.36. The summed E-state index contributed by atoms with van der Waals surface area (Å²) in [7, 11) is 0. The summed E-state index contributed by atoms with van der Waals surface area (Å²) in [6.45, 7) is 1.66. The Morgan fingerprint density at radius 2 is 2.18 bits per heavy atom. The lowest BCUT2D eigenvalue weighted by molar-refractivity contribution is 0.102. The van der Waals surface area contributed by atoms with Crippen LogP contribution in [0, 0.1) is 6.92 Å². The number of rotatable bonds is 2. The smallest absolute Gasteiger partial charge is 0.258 e. The lowest BCUT2D eigenvalue weighted by Crippen LogP contribution is -2.15. The molecule has 0 spiro atoms. The first kappa shape index (κ1) is 11.0. The molecule has 0 aliphatic rings. The maximum Gasteiger partial charge on any atom is 0.258 e. The number of carbonyl (C=O) groups excluding carboxylic acids is 1. The molecule has 0 saturated heterocycles. The minimum absolute atomic E-state index is 0.0738. The molecule has 86 valence electrons. The number of nitrogens with zero attached hydrogens (tertiary/aromatic N) is 3. The number of hydrogen-bond acceptors (Lipinski definition) is 5. The summed E-state index contributed by atoms with van der Waals surface area (Å²) in [4.78, 5) is 15.7. The largest absolute Gasteiger partial charge is 0.508 e. The molecule has 6 nitrogen and oxygen atoms in total. The van der Waals surface area contributed by atoms with Crippen LogP contribution in [0.4, 0.5) is 5.95 Å². The highest BCUT2D eigenvalue weighted by atomic mass is 16.3. The fourth-order valence-electron chi connectivity index (χ4n) is 1.34. The van der Waals surface area contributed by atoms with Crippen LogP contribution in [0.3, 0.4) is 0 Å². The van der Waals surface area contributed by atoms with Crippen LogP contribution in [0.25, 0.3) is 0 Å². The molecular formula is C11H10N4O2. The predicted octanol–water partition coefficient (Wildman–Crippen LogP) is 1.14. The van der Waals surface area contributed by atoms with Gasteiger partial charge in [0.25, 0.3) is 5.91 Å². The second kappa shape index (κ2) is 4.56. The van der Waals surface area contributed by atoms with Gasteiger partial charge < -0.3 is 5.11 Å². The fraction of sp³-hybridized carbons (Fsp3) is 0.0909. The summed E-state index contributed by atoms with van der Waals surface area (Å²) in [6, 6.07) is 4.73. The van der Waals surface area contributed by atoms with Crippen LogP contribution >= 0.6 is 0 Å². The Kier molecular flexibility index (Phi) is 2.95. The Balaban J connectivity index is 2.24. The number of carbonyl (C=O) groups is 1. The van der Waals surface area contributed by atoms with Crippen molar-refractivity contribution in [3.8, 4) is 5.75 Å². The first-order valence-corrected chi connectivity index (χ1v) is 4.92. The van der Waals surface area contributed by atoms with Gasteiger partial charge in [0.2, 0.25) is 5.95 Å². The molecule has 0 atom stereocenters. The Morgan fingerprint density at radius 3 is 2.88 bits per heavy atom. The number of aromatic hydroxyl groups is 1. The number of aromatic nitrogens is 3. The van der Waals surface area contributed by atoms with Crippen LogP contribution in [0.2, 0.25) is 0 Å². The SMILES string of the molecule is Cc1c(O)cccc1C(=O)Nc1nccnn1. The molecule has 2 aromatic rings. The van der Waals surface area contributed by atoms with Crippen molar-refractivity contribution < 1.29 is 9.90 Å². The van der Waals surface area contributed by atoms with Crippen molar-refractivity contribution in [1.29, 1.82) is 0 Å². The highest BCUT2D eigenvalue weighted by Crippen LogP contribution is 2.19. The van der Waals surface area contributed by atoms with E-state index in [1.54, 1.807) is 19.1 Å². The zero-order chi connectivity index (χ0) is 12.3. The van der Waals surface area contributed by atoms with E-state index in [0.29, 0.717) is 11.1 Å². The zero-order valence-corrected chi connectivity index (χ0v) is 9.08. The number of phenolic OH excluding ortho intramolecular Hbond substituents is 1. The van der Waals surface area contributed by atoms with Gasteiger partial charge in [-0.15, -0.1) is 5.10 Å². The van der Waals surface area contributed by atoms with Crippen LogP contribution in [0.1, 0.15) is 15.9 Å². The van der Waals surface area contributed by atoms with E-state index in [1.807, 2.05) is 0 Å². The number of amides is 1. The second-order valence-electron chi connectivity index (χ2n) is 3.37. The van der Waals surface area contributed by atoms with Crippen LogP contribution < -0.4 is 5.32 Å². The Labute approximate surface area is 97.4 Å². The molecule has 1 aromatic heterocycles. The molecule has 0 fully saturated rings. The second-order valence-corrected chi connectivity index (χ2v) is 3.37. The standard InChI is InChI=1S/C11H10N4O2/c1-7-8(3-2-4-9(7)16)10(17)14-11-12-5-6-13-15-11/h2-6,16H,1H3,(H,12,14,15,17). The van der Waals surface area contributed by atoms with Gasteiger partial charge in [-0.25, -0.2) is 4.98 Å². The average Bonchev–Trinajstić information content (AvgIpc) is 2.34. The maximum absolute atomic E-state index is 11.9. The molecule has 1 amide bonds. The molecule has 0 unspecified atom stereocenters. The number of hydrogen-bond donors (Lipinski definition) is 2. The van der Waals surface area contributed by atoms with Crippen molar-refractivity contribution in [1.82, 2.24) is 15.2 Å². The molecule has 0 aliphatic carbocycles. The van der Waals surface area contributed by atoms with E-state index in [4.69, 9.17) is 0 Å². The summed E-state index contributed by atoms with van der Waals surface area (Å²) in [5.41, 5.74) is 0.881. The van der Waals surface area contributed by atoms with Gasteiger partial charge in [0.15, 0.2) is 0 Å². The first-order chi connectivity index (χ1) is 8.18. The quantitative estimate of drug-likeness (QED) is 0.807. The molecule has 2 N–H and O–H groups in total. The van der Waals surface area contributed by atoms with Gasteiger partial charge in [0.1, 0.15) is 5.75 Å². The molecule has 0 bridgehead atoms. The molecule has 0 saturated carbocycles. The highest BCUT2D eigenvalue weighted by molar-refractivity contribution is 6.04. The lowest BCUT2D eigenvalue weighted by Gasteiger charge is -2.06. The van der Waals surface area contributed by atoms with E-state index in [2.05, 4.69) is 20.5 Å². The maximum atomic E-state index is 11.9. The van der Waals surface area contributed by atoms with Gasteiger partial charge in [-0.2, -0.15) is 5.10 Å². The summed E-state index contributed by atoms with van der Waals surface area (Å²) in [5, 5.41) is 19.2.